The molecule has 1 heterocycles. The number of hydrogen-bond donors (Lipinski definition) is 2. The molecule has 0 aliphatic heterocycles. The smallest absolute Gasteiger partial charge is 0.407 e. The summed E-state index contributed by atoms with van der Waals surface area (Å²) in [4.78, 5) is 29.3. The number of methoxy groups -OCH3 is 1. The topological polar surface area (TPSA) is 80.3 Å². The van der Waals surface area contributed by atoms with E-state index in [4.69, 9.17) is 4.74 Å². The van der Waals surface area contributed by atoms with E-state index in [-0.39, 0.29) is 11.9 Å². The molecule has 0 spiro atoms. The molecule has 2 atom stereocenters. The molecule has 0 radical (unpaired) electrons. The molecule has 3 aromatic rings. The van der Waals surface area contributed by atoms with Crippen LogP contribution in [0.3, 0.4) is 0 Å². The minimum Gasteiger partial charge on any atom is -0.453 e. The predicted octanol–water partition coefficient (Wildman–Crippen LogP) is 3.51. The van der Waals surface area contributed by atoms with Crippen LogP contribution in [-0.4, -0.2) is 30.1 Å². The molecule has 0 saturated heterocycles. The largest absolute Gasteiger partial charge is 0.453 e. The first-order chi connectivity index (χ1) is 14.2. The number of hydrogen-bond acceptors (Lipinski definition) is 5. The van der Waals surface area contributed by atoms with Crippen molar-refractivity contribution in [1.29, 1.82) is 0 Å². The Balaban J connectivity index is 1.77. The summed E-state index contributed by atoms with van der Waals surface area (Å²) in [6.07, 6.45) is 2.04. The third kappa shape index (κ3) is 6.15. The number of ether oxygens (including phenoxy) is 1. The molecule has 0 bridgehead atoms. The Morgan fingerprint density at radius 1 is 0.966 bits per heavy atom. The molecule has 6 nitrogen and oxygen atoms in total. The normalized spacial score (nSPS) is 12.6. The van der Waals surface area contributed by atoms with Crippen molar-refractivity contribution in [2.45, 2.75) is 24.9 Å². The van der Waals surface area contributed by atoms with Gasteiger partial charge in [0.15, 0.2) is 0 Å². The van der Waals surface area contributed by atoms with Gasteiger partial charge in [0.2, 0.25) is 5.91 Å². The summed E-state index contributed by atoms with van der Waals surface area (Å²) in [5.41, 5.74) is 2.03. The maximum absolute atomic E-state index is 13.1. The van der Waals surface area contributed by atoms with E-state index in [9.17, 15) is 9.59 Å². The summed E-state index contributed by atoms with van der Waals surface area (Å²) >= 11 is 1.49. The number of nitrogens with one attached hydrogen (secondary N) is 2. The standard InChI is InChI=1S/C22H23N3O3S/c1-28-22(27)25-18(14-16-8-4-2-5-9-16)20(26)24-19(21-23-12-13-29-21)15-17-10-6-3-7-11-17/h2-13,18-19H,14-15H2,1H3,(H,24,26)(H,25,27)/t18-,19-/m0/s1. The van der Waals surface area contributed by atoms with Crippen LogP contribution in [0.2, 0.25) is 0 Å². The fourth-order valence-electron chi connectivity index (χ4n) is 2.99. The van der Waals surface area contributed by atoms with Gasteiger partial charge in [-0.05, 0) is 17.5 Å². The van der Waals surface area contributed by atoms with Gasteiger partial charge in [-0.15, -0.1) is 11.3 Å². The minimum atomic E-state index is -0.761. The lowest BCUT2D eigenvalue weighted by molar-refractivity contribution is -0.123. The molecule has 150 valence electrons. The van der Waals surface area contributed by atoms with Gasteiger partial charge in [0.25, 0.3) is 0 Å². The first-order valence-electron chi connectivity index (χ1n) is 9.28. The average Bonchev–Trinajstić information content (AvgIpc) is 3.29. The highest BCUT2D eigenvalue weighted by Gasteiger charge is 2.26. The van der Waals surface area contributed by atoms with Crippen molar-refractivity contribution in [3.05, 3.63) is 88.4 Å². The van der Waals surface area contributed by atoms with Crippen LogP contribution in [0, 0.1) is 0 Å². The van der Waals surface area contributed by atoms with E-state index in [1.807, 2.05) is 66.0 Å². The van der Waals surface area contributed by atoms with Gasteiger partial charge in [-0.1, -0.05) is 60.7 Å². The fourth-order valence-corrected chi connectivity index (χ4v) is 3.68. The Morgan fingerprint density at radius 2 is 1.59 bits per heavy atom. The van der Waals surface area contributed by atoms with E-state index < -0.39 is 12.1 Å². The molecule has 7 heteroatoms. The molecule has 0 saturated carbocycles. The molecule has 2 amide bonds. The van der Waals surface area contributed by atoms with Gasteiger partial charge >= 0.3 is 6.09 Å². The lowest BCUT2D eigenvalue weighted by Gasteiger charge is -2.22. The highest BCUT2D eigenvalue weighted by molar-refractivity contribution is 7.09. The number of alkyl carbamates (subject to hydrolysis) is 1. The van der Waals surface area contributed by atoms with Gasteiger partial charge in [-0.3, -0.25) is 4.79 Å². The summed E-state index contributed by atoms with van der Waals surface area (Å²) in [5, 5.41) is 8.40. The molecular weight excluding hydrogens is 386 g/mol. The molecule has 1 aromatic heterocycles. The second kappa shape index (κ2) is 10.4. The number of rotatable bonds is 8. The van der Waals surface area contributed by atoms with Gasteiger partial charge in [-0.2, -0.15) is 0 Å². The van der Waals surface area contributed by atoms with Crippen LogP contribution >= 0.6 is 11.3 Å². The highest BCUT2D eigenvalue weighted by atomic mass is 32.1. The summed E-state index contributed by atoms with van der Waals surface area (Å²) in [7, 11) is 1.28. The zero-order valence-electron chi connectivity index (χ0n) is 16.1. The Bertz CT molecular complexity index is 902. The second-order valence-electron chi connectivity index (χ2n) is 6.50. The van der Waals surface area contributed by atoms with Crippen LogP contribution in [-0.2, 0) is 22.4 Å². The Hall–Kier alpha value is -3.19. The van der Waals surface area contributed by atoms with Gasteiger partial charge < -0.3 is 15.4 Å². The average molecular weight is 410 g/mol. The molecule has 29 heavy (non-hydrogen) atoms. The van der Waals surface area contributed by atoms with Crippen molar-refractivity contribution < 1.29 is 14.3 Å². The summed E-state index contributed by atoms with van der Waals surface area (Å²) < 4.78 is 4.70. The lowest BCUT2D eigenvalue weighted by Crippen LogP contribution is -2.49. The lowest BCUT2D eigenvalue weighted by atomic mass is 10.0. The van der Waals surface area contributed by atoms with Crippen molar-refractivity contribution in [3.8, 4) is 0 Å². The van der Waals surface area contributed by atoms with Crippen LogP contribution in [0.15, 0.2) is 72.2 Å². The van der Waals surface area contributed by atoms with Gasteiger partial charge in [0, 0.05) is 18.0 Å². The number of nitrogens with zero attached hydrogens (tertiary/aromatic N) is 1. The molecule has 0 unspecified atom stereocenters. The molecular formula is C22H23N3O3S. The number of aromatic nitrogens is 1. The van der Waals surface area contributed by atoms with Gasteiger partial charge in [0.05, 0.1) is 13.2 Å². The summed E-state index contributed by atoms with van der Waals surface area (Å²) in [5.74, 6) is -0.282. The maximum Gasteiger partial charge on any atom is 0.407 e. The van der Waals surface area contributed by atoms with Crippen LogP contribution in [0.25, 0.3) is 0 Å². The zero-order chi connectivity index (χ0) is 20.5. The van der Waals surface area contributed by atoms with Gasteiger partial charge in [-0.25, -0.2) is 9.78 Å². The quantitative estimate of drug-likeness (QED) is 0.597. The summed E-state index contributed by atoms with van der Waals surface area (Å²) in [6, 6.07) is 18.4. The third-order valence-corrected chi connectivity index (χ3v) is 5.31. The zero-order valence-corrected chi connectivity index (χ0v) is 16.9. The van der Waals surface area contributed by atoms with Crippen LogP contribution < -0.4 is 10.6 Å². The number of benzene rings is 2. The SMILES string of the molecule is COC(=O)N[C@@H](Cc1ccccc1)C(=O)N[C@@H](Cc1ccccc1)c1nccs1. The van der Waals surface area contributed by atoms with Crippen LogP contribution in [0.1, 0.15) is 22.2 Å². The van der Waals surface area contributed by atoms with E-state index in [1.54, 1.807) is 6.20 Å². The molecule has 2 aromatic carbocycles. The Labute approximate surface area is 173 Å². The number of carbonyl (C=O) groups is 2. The first-order valence-corrected chi connectivity index (χ1v) is 10.2. The number of thiazole rings is 1. The van der Waals surface area contributed by atoms with Crippen molar-refractivity contribution in [2.75, 3.05) is 7.11 Å². The van der Waals surface area contributed by atoms with Gasteiger partial charge in [0.1, 0.15) is 11.0 Å². The molecule has 0 fully saturated rings. The first kappa shape index (κ1) is 20.5. The van der Waals surface area contributed by atoms with Crippen molar-refractivity contribution in [3.63, 3.8) is 0 Å². The molecule has 0 aliphatic rings. The predicted molar refractivity (Wildman–Crippen MR) is 113 cm³/mol. The number of carbonyl (C=O) groups excluding carboxylic acids is 2. The van der Waals surface area contributed by atoms with E-state index in [2.05, 4.69) is 15.6 Å². The van der Waals surface area contributed by atoms with Crippen LogP contribution in [0.4, 0.5) is 4.79 Å². The number of amides is 2. The van der Waals surface area contributed by atoms with Crippen LogP contribution in [0.5, 0.6) is 0 Å². The fraction of sp³-hybridized carbons (Fsp3) is 0.227. The van der Waals surface area contributed by atoms with E-state index in [0.717, 1.165) is 16.1 Å². The van der Waals surface area contributed by atoms with Crippen molar-refractivity contribution in [2.24, 2.45) is 0 Å². The highest BCUT2D eigenvalue weighted by Crippen LogP contribution is 2.21. The minimum absolute atomic E-state index is 0.282. The molecule has 3 rings (SSSR count). The van der Waals surface area contributed by atoms with E-state index in [0.29, 0.717) is 12.8 Å². The Kier molecular flexibility index (Phi) is 7.35. The maximum atomic E-state index is 13.1. The Morgan fingerprint density at radius 3 is 2.14 bits per heavy atom. The van der Waals surface area contributed by atoms with Crippen molar-refractivity contribution in [1.82, 2.24) is 15.6 Å². The molecule has 0 aliphatic carbocycles. The summed E-state index contributed by atoms with van der Waals surface area (Å²) in [6.45, 7) is 0. The van der Waals surface area contributed by atoms with E-state index in [1.165, 1.54) is 18.4 Å². The third-order valence-electron chi connectivity index (χ3n) is 4.43. The van der Waals surface area contributed by atoms with Crippen molar-refractivity contribution >= 4 is 23.3 Å². The van der Waals surface area contributed by atoms with E-state index >= 15 is 0 Å². The molecule has 2 N–H and O–H groups in total. The second-order valence-corrected chi connectivity index (χ2v) is 7.43. The monoisotopic (exact) mass is 409 g/mol.